The second-order valence-electron chi connectivity index (χ2n) is 5.13. The molecule has 1 rings (SSSR count). The predicted octanol–water partition coefficient (Wildman–Crippen LogP) is 2.51. The summed E-state index contributed by atoms with van der Waals surface area (Å²) in [7, 11) is 3.17. The average Bonchev–Trinajstić information content (AvgIpc) is 2.48. The van der Waals surface area contributed by atoms with Gasteiger partial charge in [0.25, 0.3) is 0 Å². The number of nitrogens with zero attached hydrogens (tertiary/aromatic N) is 2. The highest BCUT2D eigenvalue weighted by Gasteiger charge is 2.19. The number of carbonyl (C=O) groups excluding carboxylic acids is 2. The van der Waals surface area contributed by atoms with Gasteiger partial charge in [0.15, 0.2) is 0 Å². The maximum absolute atomic E-state index is 11.8. The summed E-state index contributed by atoms with van der Waals surface area (Å²) in [6.45, 7) is 3.56. The largest absolute Gasteiger partial charge is 0.461 e. The Balaban J connectivity index is 2.62. The van der Waals surface area contributed by atoms with Crippen molar-refractivity contribution in [3.05, 3.63) is 12.7 Å². The van der Waals surface area contributed by atoms with Crippen LogP contribution in [0.3, 0.4) is 0 Å². The van der Waals surface area contributed by atoms with Crippen LogP contribution >= 0.6 is 11.9 Å². The highest BCUT2D eigenvalue weighted by molar-refractivity contribution is 7.98. The highest BCUT2D eigenvalue weighted by atomic mass is 32.2. The molecule has 0 aromatic carbocycles. The molecule has 1 aliphatic rings. The average molecular weight is 328 g/mol. The Bertz CT molecular complexity index is 420. The van der Waals surface area contributed by atoms with E-state index in [9.17, 15) is 9.59 Å². The maximum atomic E-state index is 11.8. The monoisotopic (exact) mass is 328 g/mol. The molecule has 0 saturated heterocycles. The number of urea groups is 2. The fraction of sp³-hybridized carbons (Fsp3) is 0.643. The van der Waals surface area contributed by atoms with Crippen molar-refractivity contribution in [3.63, 3.8) is 0 Å². The summed E-state index contributed by atoms with van der Waals surface area (Å²) >= 11 is 1.19. The molecule has 0 atom stereocenters. The molecule has 0 aliphatic heterocycles. The van der Waals surface area contributed by atoms with E-state index in [2.05, 4.69) is 21.6 Å². The van der Waals surface area contributed by atoms with Gasteiger partial charge in [0.1, 0.15) is 6.10 Å². The first-order chi connectivity index (χ1) is 10.5. The molecule has 0 heterocycles. The fourth-order valence-electron chi connectivity index (χ4n) is 1.90. The Hall–Kier alpha value is -1.70. The van der Waals surface area contributed by atoms with Crippen LogP contribution in [0.15, 0.2) is 17.6 Å². The molecule has 0 unspecified atom stereocenters. The number of rotatable bonds is 4. The van der Waals surface area contributed by atoms with Crippen LogP contribution in [0.25, 0.3) is 0 Å². The highest BCUT2D eigenvalue weighted by Crippen LogP contribution is 2.20. The van der Waals surface area contributed by atoms with E-state index >= 15 is 0 Å². The van der Waals surface area contributed by atoms with Gasteiger partial charge in [0, 0.05) is 19.8 Å². The second kappa shape index (κ2) is 10.1. The summed E-state index contributed by atoms with van der Waals surface area (Å²) in [5.74, 6) is 0.583. The van der Waals surface area contributed by atoms with Gasteiger partial charge in [0.05, 0.1) is 0 Å². The lowest BCUT2D eigenvalue weighted by atomic mass is 9.98. The van der Waals surface area contributed by atoms with Crippen LogP contribution in [-0.4, -0.2) is 48.9 Å². The molecule has 0 spiro atoms. The van der Waals surface area contributed by atoms with E-state index in [0.29, 0.717) is 5.75 Å². The van der Waals surface area contributed by atoms with Crippen molar-refractivity contribution >= 4 is 30.0 Å². The van der Waals surface area contributed by atoms with Crippen LogP contribution in [0.1, 0.15) is 32.1 Å². The first kappa shape index (κ1) is 18.3. The SMILES string of the molecule is C=CCSNC(=O)NC(=NC(=O)N(C)C)OC1CCCCC1. The third-order valence-corrected chi connectivity index (χ3v) is 3.73. The first-order valence-corrected chi connectivity index (χ1v) is 8.27. The number of hydrogen-bond donors (Lipinski definition) is 2. The Morgan fingerprint density at radius 3 is 2.64 bits per heavy atom. The van der Waals surface area contributed by atoms with Crippen LogP contribution in [0, 0.1) is 0 Å². The van der Waals surface area contributed by atoms with E-state index in [1.54, 1.807) is 20.2 Å². The standard InChI is InChI=1S/C14H24N4O3S/c1-4-10-22-17-12(19)15-13(16-14(20)18(2)3)21-11-8-6-5-7-9-11/h4,11H,1,5-10H2,2-3H3,(H2,15,16,17,19,20). The third kappa shape index (κ3) is 7.35. The molecule has 1 saturated carbocycles. The summed E-state index contributed by atoms with van der Waals surface area (Å²) in [6.07, 6.45) is 6.84. The molecule has 0 aromatic heterocycles. The summed E-state index contributed by atoms with van der Waals surface area (Å²) in [5, 5.41) is 2.48. The minimum Gasteiger partial charge on any atom is -0.461 e. The summed E-state index contributed by atoms with van der Waals surface area (Å²) in [6, 6.07) is -1.01. The zero-order chi connectivity index (χ0) is 16.4. The van der Waals surface area contributed by atoms with Crippen LogP contribution in [-0.2, 0) is 4.74 Å². The van der Waals surface area contributed by atoms with E-state index in [-0.39, 0.29) is 12.1 Å². The van der Waals surface area contributed by atoms with Gasteiger partial charge < -0.3 is 9.64 Å². The molecule has 7 nitrogen and oxygen atoms in total. The molecular formula is C14H24N4O3S. The van der Waals surface area contributed by atoms with Crippen LogP contribution in [0.5, 0.6) is 0 Å². The lowest BCUT2D eigenvalue weighted by molar-refractivity contribution is 0.135. The number of amidine groups is 1. The molecule has 0 aromatic rings. The molecular weight excluding hydrogens is 304 g/mol. The van der Waals surface area contributed by atoms with Gasteiger partial charge in [-0.05, 0) is 37.6 Å². The topological polar surface area (TPSA) is 83.0 Å². The number of ether oxygens (including phenoxy) is 1. The molecule has 8 heteroatoms. The molecule has 1 fully saturated rings. The minimum absolute atomic E-state index is 0.0106. The van der Waals surface area contributed by atoms with Gasteiger partial charge in [-0.15, -0.1) is 11.6 Å². The van der Waals surface area contributed by atoms with Crippen molar-refractivity contribution in [2.45, 2.75) is 38.2 Å². The predicted molar refractivity (Wildman–Crippen MR) is 88.8 cm³/mol. The lowest BCUT2D eigenvalue weighted by Crippen LogP contribution is -2.41. The second-order valence-corrected chi connectivity index (χ2v) is 5.95. The zero-order valence-electron chi connectivity index (χ0n) is 13.1. The van der Waals surface area contributed by atoms with Crippen LogP contribution < -0.4 is 10.0 Å². The number of nitrogens with one attached hydrogen (secondary N) is 2. The summed E-state index contributed by atoms with van der Waals surface area (Å²) in [4.78, 5) is 28.6. The number of aliphatic imine (C=N–C) groups is 1. The molecule has 1 aliphatic carbocycles. The lowest BCUT2D eigenvalue weighted by Gasteiger charge is -2.23. The molecule has 0 bridgehead atoms. The van der Waals surface area contributed by atoms with E-state index < -0.39 is 12.1 Å². The van der Waals surface area contributed by atoms with E-state index in [4.69, 9.17) is 4.74 Å². The summed E-state index contributed by atoms with van der Waals surface area (Å²) in [5.41, 5.74) is 0. The minimum atomic E-state index is -0.482. The van der Waals surface area contributed by atoms with Crippen molar-refractivity contribution in [3.8, 4) is 0 Å². The number of amides is 4. The molecule has 124 valence electrons. The van der Waals surface area contributed by atoms with Gasteiger partial charge in [-0.1, -0.05) is 12.5 Å². The maximum Gasteiger partial charge on any atom is 0.347 e. The van der Waals surface area contributed by atoms with Gasteiger partial charge in [-0.25, -0.2) is 9.59 Å². The van der Waals surface area contributed by atoms with Gasteiger partial charge in [-0.3, -0.25) is 10.0 Å². The summed E-state index contributed by atoms with van der Waals surface area (Å²) < 4.78 is 8.25. The molecule has 2 N–H and O–H groups in total. The molecule has 4 amide bonds. The van der Waals surface area contributed by atoms with Crippen molar-refractivity contribution < 1.29 is 14.3 Å². The quantitative estimate of drug-likeness (QED) is 0.273. The van der Waals surface area contributed by atoms with Crippen molar-refractivity contribution in [2.24, 2.45) is 4.99 Å². The van der Waals surface area contributed by atoms with Crippen molar-refractivity contribution in [2.75, 3.05) is 19.8 Å². The van der Waals surface area contributed by atoms with E-state index in [0.717, 1.165) is 25.7 Å². The zero-order valence-corrected chi connectivity index (χ0v) is 13.9. The smallest absolute Gasteiger partial charge is 0.347 e. The van der Waals surface area contributed by atoms with E-state index in [1.807, 2.05) is 0 Å². The van der Waals surface area contributed by atoms with Gasteiger partial charge >= 0.3 is 18.1 Å². The Labute approximate surface area is 135 Å². The van der Waals surface area contributed by atoms with Crippen LogP contribution in [0.2, 0.25) is 0 Å². The number of hydrogen-bond acceptors (Lipinski definition) is 4. The third-order valence-electron chi connectivity index (χ3n) is 3.00. The first-order valence-electron chi connectivity index (χ1n) is 7.29. The number of carbonyl (C=O) groups is 2. The van der Waals surface area contributed by atoms with Gasteiger partial charge in [0.2, 0.25) is 0 Å². The Morgan fingerprint density at radius 2 is 2.05 bits per heavy atom. The van der Waals surface area contributed by atoms with Crippen LogP contribution in [0.4, 0.5) is 9.59 Å². The van der Waals surface area contributed by atoms with Gasteiger partial charge in [-0.2, -0.15) is 0 Å². The molecule has 22 heavy (non-hydrogen) atoms. The Kier molecular flexibility index (Phi) is 8.42. The van der Waals surface area contributed by atoms with Crippen molar-refractivity contribution in [1.29, 1.82) is 0 Å². The normalized spacial score (nSPS) is 15.8. The molecule has 0 radical (unpaired) electrons. The van der Waals surface area contributed by atoms with E-state index in [1.165, 1.54) is 23.3 Å². The fourth-order valence-corrected chi connectivity index (χ4v) is 2.28. The Morgan fingerprint density at radius 1 is 1.36 bits per heavy atom. The van der Waals surface area contributed by atoms with Crippen molar-refractivity contribution in [1.82, 2.24) is 14.9 Å².